The number of aryl methyl sites for hydroxylation is 2. The van der Waals surface area contributed by atoms with E-state index in [9.17, 15) is 5.11 Å². The van der Waals surface area contributed by atoms with E-state index in [-0.39, 0.29) is 0 Å². The summed E-state index contributed by atoms with van der Waals surface area (Å²) in [6, 6.07) is 12.5. The number of nitrogens with one attached hydrogen (secondary N) is 1. The lowest BCUT2D eigenvalue weighted by Gasteiger charge is -2.27. The maximum absolute atomic E-state index is 9.47. The second kappa shape index (κ2) is 5.49. The van der Waals surface area contributed by atoms with Crippen LogP contribution in [0.5, 0.6) is 5.75 Å². The average Bonchev–Trinajstić information content (AvgIpc) is 2.42. The zero-order chi connectivity index (χ0) is 14.1. The lowest BCUT2D eigenvalue weighted by molar-refractivity contribution is 0.475. The highest BCUT2D eigenvalue weighted by atomic mass is 79.9. The van der Waals surface area contributed by atoms with Crippen molar-refractivity contribution in [2.75, 3.05) is 5.32 Å². The summed E-state index contributed by atoms with van der Waals surface area (Å²) in [5, 5.41) is 13.1. The molecule has 2 aromatic rings. The van der Waals surface area contributed by atoms with Gasteiger partial charge in [-0.05, 0) is 73.2 Å². The van der Waals surface area contributed by atoms with Crippen LogP contribution in [0.4, 0.5) is 5.69 Å². The summed E-state index contributed by atoms with van der Waals surface area (Å²) in [4.78, 5) is 0. The molecule has 2 nitrogen and oxygen atoms in total. The minimum atomic E-state index is 0.326. The van der Waals surface area contributed by atoms with Crippen LogP contribution in [0.15, 0.2) is 40.9 Å². The Labute approximate surface area is 128 Å². The lowest BCUT2D eigenvalue weighted by Crippen LogP contribution is -2.27. The van der Waals surface area contributed by atoms with E-state index in [0.717, 1.165) is 35.0 Å². The molecule has 3 rings (SSSR count). The number of rotatable bonds is 2. The molecule has 1 unspecified atom stereocenters. The SMILES string of the molecule is Cc1cc(O)ccc1NC1CCc2cc(Br)ccc2C1. The van der Waals surface area contributed by atoms with E-state index in [0.29, 0.717) is 11.8 Å². The number of fused-ring (bicyclic) bond motifs is 1. The zero-order valence-electron chi connectivity index (χ0n) is 11.5. The maximum atomic E-state index is 9.47. The molecule has 0 saturated heterocycles. The molecule has 0 radical (unpaired) electrons. The highest BCUT2D eigenvalue weighted by Crippen LogP contribution is 2.28. The Morgan fingerprint density at radius 2 is 2.00 bits per heavy atom. The van der Waals surface area contributed by atoms with Gasteiger partial charge in [-0.2, -0.15) is 0 Å². The van der Waals surface area contributed by atoms with Crippen molar-refractivity contribution in [1.29, 1.82) is 0 Å². The normalized spacial score (nSPS) is 17.6. The molecule has 0 amide bonds. The van der Waals surface area contributed by atoms with Gasteiger partial charge in [0.1, 0.15) is 5.75 Å². The molecule has 1 atom stereocenters. The molecule has 0 heterocycles. The molecule has 0 bridgehead atoms. The first-order valence-corrected chi connectivity index (χ1v) is 7.74. The summed E-state index contributed by atoms with van der Waals surface area (Å²) in [7, 11) is 0. The number of phenols is 1. The van der Waals surface area contributed by atoms with Gasteiger partial charge in [0.25, 0.3) is 0 Å². The Kier molecular flexibility index (Phi) is 3.70. The van der Waals surface area contributed by atoms with Crippen molar-refractivity contribution in [3.8, 4) is 5.75 Å². The van der Waals surface area contributed by atoms with Crippen LogP contribution in [-0.2, 0) is 12.8 Å². The molecule has 1 aliphatic rings. The highest BCUT2D eigenvalue weighted by Gasteiger charge is 2.19. The minimum Gasteiger partial charge on any atom is -0.508 e. The van der Waals surface area contributed by atoms with Crippen molar-refractivity contribution < 1.29 is 5.11 Å². The number of aromatic hydroxyl groups is 1. The smallest absolute Gasteiger partial charge is 0.115 e. The standard InChI is InChI=1S/C17H18BrNO/c1-11-8-16(20)6-7-17(11)19-15-5-3-12-9-14(18)4-2-13(12)10-15/h2,4,6-9,15,19-20H,3,5,10H2,1H3. The van der Waals surface area contributed by atoms with Crippen LogP contribution in [0, 0.1) is 6.92 Å². The second-order valence-electron chi connectivity index (χ2n) is 5.50. The molecule has 0 saturated carbocycles. The van der Waals surface area contributed by atoms with Crippen LogP contribution in [0.3, 0.4) is 0 Å². The van der Waals surface area contributed by atoms with E-state index in [1.165, 1.54) is 11.1 Å². The molecule has 0 aromatic heterocycles. The Bertz CT molecular complexity index is 639. The van der Waals surface area contributed by atoms with Gasteiger partial charge in [0.15, 0.2) is 0 Å². The molecular weight excluding hydrogens is 314 g/mol. The van der Waals surface area contributed by atoms with Crippen LogP contribution in [0.2, 0.25) is 0 Å². The van der Waals surface area contributed by atoms with Crippen LogP contribution in [0.1, 0.15) is 23.1 Å². The summed E-state index contributed by atoms with van der Waals surface area (Å²) in [5.41, 5.74) is 5.10. The molecule has 104 valence electrons. The lowest BCUT2D eigenvalue weighted by atomic mass is 9.88. The van der Waals surface area contributed by atoms with Crippen molar-refractivity contribution >= 4 is 21.6 Å². The van der Waals surface area contributed by atoms with Crippen LogP contribution < -0.4 is 5.32 Å². The maximum Gasteiger partial charge on any atom is 0.115 e. The highest BCUT2D eigenvalue weighted by molar-refractivity contribution is 9.10. The summed E-state index contributed by atoms with van der Waals surface area (Å²) in [5.74, 6) is 0.326. The third-order valence-electron chi connectivity index (χ3n) is 3.97. The van der Waals surface area contributed by atoms with Gasteiger partial charge in [0, 0.05) is 16.2 Å². The predicted octanol–water partition coefficient (Wildman–Crippen LogP) is 4.43. The van der Waals surface area contributed by atoms with Crippen molar-refractivity contribution in [3.63, 3.8) is 0 Å². The fraction of sp³-hybridized carbons (Fsp3) is 0.294. The van der Waals surface area contributed by atoms with Gasteiger partial charge in [-0.3, -0.25) is 0 Å². The number of benzene rings is 2. The first-order valence-electron chi connectivity index (χ1n) is 6.95. The van der Waals surface area contributed by atoms with E-state index in [4.69, 9.17) is 0 Å². The summed E-state index contributed by atoms with van der Waals surface area (Å²) >= 11 is 3.54. The van der Waals surface area contributed by atoms with Crippen molar-refractivity contribution in [1.82, 2.24) is 0 Å². The molecule has 0 aliphatic heterocycles. The van der Waals surface area contributed by atoms with E-state index in [2.05, 4.69) is 39.4 Å². The third kappa shape index (κ3) is 2.83. The molecule has 0 spiro atoms. The summed E-state index contributed by atoms with van der Waals surface area (Å²) < 4.78 is 1.16. The Balaban J connectivity index is 1.75. The first-order chi connectivity index (χ1) is 9.61. The molecule has 20 heavy (non-hydrogen) atoms. The van der Waals surface area contributed by atoms with Crippen LogP contribution in [0.25, 0.3) is 0 Å². The van der Waals surface area contributed by atoms with Crippen molar-refractivity contribution in [2.24, 2.45) is 0 Å². The Hall–Kier alpha value is -1.48. The van der Waals surface area contributed by atoms with Gasteiger partial charge >= 0.3 is 0 Å². The molecule has 2 aromatic carbocycles. The first kappa shape index (κ1) is 13.5. The van der Waals surface area contributed by atoms with Crippen LogP contribution >= 0.6 is 15.9 Å². The van der Waals surface area contributed by atoms with Crippen molar-refractivity contribution in [2.45, 2.75) is 32.2 Å². The van der Waals surface area contributed by atoms with Crippen molar-refractivity contribution in [3.05, 3.63) is 57.6 Å². The fourth-order valence-corrected chi connectivity index (χ4v) is 3.29. The molecule has 2 N–H and O–H groups in total. The van der Waals surface area contributed by atoms with Gasteiger partial charge in [-0.15, -0.1) is 0 Å². The van der Waals surface area contributed by atoms with Gasteiger partial charge < -0.3 is 10.4 Å². The van der Waals surface area contributed by atoms with E-state index in [1.54, 1.807) is 12.1 Å². The molecule has 1 aliphatic carbocycles. The van der Waals surface area contributed by atoms with E-state index in [1.807, 2.05) is 13.0 Å². The topological polar surface area (TPSA) is 32.3 Å². The average molecular weight is 332 g/mol. The van der Waals surface area contributed by atoms with Gasteiger partial charge in [0.2, 0.25) is 0 Å². The third-order valence-corrected chi connectivity index (χ3v) is 4.46. The number of hydrogen-bond donors (Lipinski definition) is 2. The monoisotopic (exact) mass is 331 g/mol. The number of hydrogen-bond acceptors (Lipinski definition) is 2. The Morgan fingerprint density at radius 3 is 2.80 bits per heavy atom. The van der Waals surface area contributed by atoms with E-state index >= 15 is 0 Å². The van der Waals surface area contributed by atoms with Gasteiger partial charge in [0.05, 0.1) is 0 Å². The number of anilines is 1. The minimum absolute atomic E-state index is 0.326. The quantitative estimate of drug-likeness (QED) is 0.797. The number of halogens is 1. The largest absolute Gasteiger partial charge is 0.508 e. The summed E-state index contributed by atoms with van der Waals surface area (Å²) in [6.45, 7) is 2.02. The van der Waals surface area contributed by atoms with Gasteiger partial charge in [-0.1, -0.05) is 22.0 Å². The fourth-order valence-electron chi connectivity index (χ4n) is 2.88. The molecular formula is C17H18BrNO. The Morgan fingerprint density at radius 1 is 1.15 bits per heavy atom. The van der Waals surface area contributed by atoms with E-state index < -0.39 is 0 Å². The predicted molar refractivity (Wildman–Crippen MR) is 86.4 cm³/mol. The summed E-state index contributed by atoms with van der Waals surface area (Å²) in [6.07, 6.45) is 3.32. The second-order valence-corrected chi connectivity index (χ2v) is 6.41. The van der Waals surface area contributed by atoms with Gasteiger partial charge in [-0.25, -0.2) is 0 Å². The molecule has 0 fully saturated rings. The van der Waals surface area contributed by atoms with Crippen LogP contribution in [-0.4, -0.2) is 11.1 Å². The zero-order valence-corrected chi connectivity index (χ0v) is 13.1. The number of phenolic OH excluding ortho intramolecular Hbond substituents is 1. The molecule has 3 heteroatoms.